The van der Waals surface area contributed by atoms with Crippen molar-refractivity contribution in [2.24, 2.45) is 0 Å². The molecule has 0 unspecified atom stereocenters. The van der Waals surface area contributed by atoms with E-state index in [1.165, 1.54) is 12.3 Å². The normalized spacial score (nSPS) is 10.6. The first-order chi connectivity index (χ1) is 16.5. The van der Waals surface area contributed by atoms with Crippen LogP contribution in [-0.4, -0.2) is 32.2 Å². The third kappa shape index (κ3) is 5.57. The van der Waals surface area contributed by atoms with E-state index in [2.05, 4.69) is 20.4 Å². The minimum Gasteiger partial charge on any atom is -0.489 e. The molecule has 0 aliphatic rings. The second kappa shape index (κ2) is 10.6. The molecule has 172 valence electrons. The number of hydrogen-bond acceptors (Lipinski definition) is 6. The lowest BCUT2D eigenvalue weighted by molar-refractivity contribution is 0.0954. The zero-order valence-electron chi connectivity index (χ0n) is 17.9. The number of carbonyl (C=O) groups is 1. The Labute approximate surface area is 199 Å². The second-order valence-electron chi connectivity index (χ2n) is 7.26. The van der Waals surface area contributed by atoms with Gasteiger partial charge in [-0.05, 0) is 29.7 Å². The van der Waals surface area contributed by atoms with E-state index in [0.717, 1.165) is 27.8 Å². The fourth-order valence-electron chi connectivity index (χ4n) is 3.23. The number of hydrogen-bond donors (Lipinski definition) is 2. The zero-order valence-corrected chi connectivity index (χ0v) is 18.7. The van der Waals surface area contributed by atoms with Crippen LogP contribution in [0.1, 0.15) is 21.5 Å². The van der Waals surface area contributed by atoms with E-state index in [1.807, 2.05) is 54.6 Å². The number of H-pyrrole nitrogens is 1. The highest BCUT2D eigenvalue weighted by Crippen LogP contribution is 2.20. The van der Waals surface area contributed by atoms with Crippen molar-refractivity contribution in [3.05, 3.63) is 116 Å². The van der Waals surface area contributed by atoms with Crippen molar-refractivity contribution in [1.82, 2.24) is 25.1 Å². The number of benzene rings is 2. The van der Waals surface area contributed by atoms with Crippen LogP contribution in [0.2, 0.25) is 5.02 Å². The van der Waals surface area contributed by atoms with E-state index in [1.54, 1.807) is 0 Å². The summed E-state index contributed by atoms with van der Waals surface area (Å²) in [4.78, 5) is 42.1. The van der Waals surface area contributed by atoms with Crippen molar-refractivity contribution in [2.75, 3.05) is 6.54 Å². The topological polar surface area (TPSA) is 119 Å². The molecule has 0 radical (unpaired) electrons. The molecule has 2 aromatic carbocycles. The van der Waals surface area contributed by atoms with Gasteiger partial charge in [-0.15, -0.1) is 0 Å². The quantitative estimate of drug-likeness (QED) is 0.402. The number of halogens is 1. The monoisotopic (exact) mass is 477 g/mol. The first-order valence-corrected chi connectivity index (χ1v) is 10.8. The van der Waals surface area contributed by atoms with Crippen molar-refractivity contribution in [3.8, 4) is 11.6 Å². The molecule has 0 aliphatic carbocycles. The minimum absolute atomic E-state index is 0.0513. The SMILES string of the molecule is O=C(NCCc1ccccc1OCc1ccccc1)c1cc(-n2ncc(=O)[nH]c2=O)ncc1Cl. The molecule has 1 amide bonds. The van der Waals surface area contributed by atoms with Crippen LogP contribution in [0, 0.1) is 0 Å². The maximum Gasteiger partial charge on any atom is 0.351 e. The van der Waals surface area contributed by atoms with E-state index >= 15 is 0 Å². The highest BCUT2D eigenvalue weighted by Gasteiger charge is 2.14. The van der Waals surface area contributed by atoms with E-state index in [-0.39, 0.29) is 16.4 Å². The van der Waals surface area contributed by atoms with Gasteiger partial charge in [0.1, 0.15) is 18.6 Å². The van der Waals surface area contributed by atoms with Gasteiger partial charge >= 0.3 is 5.69 Å². The number of ether oxygens (including phenoxy) is 1. The molecule has 0 saturated heterocycles. The highest BCUT2D eigenvalue weighted by atomic mass is 35.5. The molecule has 4 aromatic rings. The summed E-state index contributed by atoms with van der Waals surface area (Å²) in [6.45, 7) is 0.771. The molecule has 0 bridgehead atoms. The van der Waals surface area contributed by atoms with E-state index in [4.69, 9.17) is 16.3 Å². The maximum atomic E-state index is 12.8. The summed E-state index contributed by atoms with van der Waals surface area (Å²) in [5.74, 6) is 0.359. The predicted molar refractivity (Wildman–Crippen MR) is 127 cm³/mol. The molecule has 2 aromatic heterocycles. The number of aromatic nitrogens is 4. The summed E-state index contributed by atoms with van der Waals surface area (Å²) in [6, 6.07) is 18.8. The standard InChI is InChI=1S/C24H20ClN5O4/c25-19-13-27-21(30-24(33)29-22(31)14-28-30)12-18(19)23(32)26-11-10-17-8-4-5-9-20(17)34-15-16-6-2-1-3-7-16/h1-9,12-14H,10-11,15H2,(H,26,32)(H,29,31,33). The van der Waals surface area contributed by atoms with Crippen molar-refractivity contribution < 1.29 is 9.53 Å². The largest absolute Gasteiger partial charge is 0.489 e. The molecule has 0 aliphatic heterocycles. The first-order valence-electron chi connectivity index (χ1n) is 10.4. The number of nitrogens with zero attached hydrogens (tertiary/aromatic N) is 3. The van der Waals surface area contributed by atoms with Crippen molar-refractivity contribution in [3.63, 3.8) is 0 Å². The van der Waals surface area contributed by atoms with Gasteiger partial charge in [-0.1, -0.05) is 60.1 Å². The van der Waals surface area contributed by atoms with Gasteiger partial charge in [0.15, 0.2) is 5.82 Å². The smallest absolute Gasteiger partial charge is 0.351 e. The lowest BCUT2D eigenvalue weighted by Gasteiger charge is -2.12. The molecule has 10 heteroatoms. The molecule has 0 spiro atoms. The summed E-state index contributed by atoms with van der Waals surface area (Å²) in [7, 11) is 0. The lowest BCUT2D eigenvalue weighted by Crippen LogP contribution is -2.31. The summed E-state index contributed by atoms with van der Waals surface area (Å²) < 4.78 is 6.83. The molecular formula is C24H20ClN5O4. The highest BCUT2D eigenvalue weighted by molar-refractivity contribution is 6.33. The predicted octanol–water partition coefficient (Wildman–Crippen LogP) is 2.52. The molecule has 0 fully saturated rings. The first kappa shape index (κ1) is 22.9. The summed E-state index contributed by atoms with van der Waals surface area (Å²) in [6.07, 6.45) is 2.72. The molecule has 0 saturated carbocycles. The van der Waals surface area contributed by atoms with Crippen LogP contribution < -0.4 is 21.3 Å². The Morgan fingerprint density at radius 3 is 2.62 bits per heavy atom. The number of amides is 1. The van der Waals surface area contributed by atoms with Gasteiger partial charge in [-0.2, -0.15) is 9.78 Å². The van der Waals surface area contributed by atoms with E-state index in [0.29, 0.717) is 19.6 Å². The Morgan fingerprint density at radius 2 is 1.82 bits per heavy atom. The molecule has 4 rings (SSSR count). The number of aromatic amines is 1. The number of para-hydroxylation sites is 1. The van der Waals surface area contributed by atoms with Gasteiger partial charge < -0.3 is 10.1 Å². The van der Waals surface area contributed by atoms with Crippen LogP contribution in [0.4, 0.5) is 0 Å². The second-order valence-corrected chi connectivity index (χ2v) is 7.67. The van der Waals surface area contributed by atoms with Crippen LogP contribution in [0.5, 0.6) is 5.75 Å². The molecular weight excluding hydrogens is 458 g/mol. The van der Waals surface area contributed by atoms with Gasteiger partial charge in [-0.25, -0.2) is 9.78 Å². The number of pyridine rings is 1. The van der Waals surface area contributed by atoms with Gasteiger partial charge in [0.25, 0.3) is 11.5 Å². The zero-order chi connectivity index (χ0) is 23.9. The average molecular weight is 478 g/mol. The fraction of sp³-hybridized carbons (Fsp3) is 0.125. The van der Waals surface area contributed by atoms with Crippen LogP contribution in [0.15, 0.2) is 82.6 Å². The Bertz CT molecular complexity index is 1420. The van der Waals surface area contributed by atoms with Crippen molar-refractivity contribution in [1.29, 1.82) is 0 Å². The molecule has 34 heavy (non-hydrogen) atoms. The summed E-state index contributed by atoms with van der Waals surface area (Å²) >= 11 is 6.16. The lowest BCUT2D eigenvalue weighted by atomic mass is 10.1. The maximum absolute atomic E-state index is 12.8. The summed E-state index contributed by atoms with van der Waals surface area (Å²) in [5.41, 5.74) is 0.719. The Balaban J connectivity index is 1.42. The average Bonchev–Trinajstić information content (AvgIpc) is 2.84. The minimum atomic E-state index is -0.777. The third-order valence-corrected chi connectivity index (χ3v) is 5.21. The van der Waals surface area contributed by atoms with Gasteiger partial charge in [0.05, 0.1) is 10.6 Å². The van der Waals surface area contributed by atoms with Crippen LogP contribution in [0.3, 0.4) is 0 Å². The van der Waals surface area contributed by atoms with Crippen LogP contribution in [0.25, 0.3) is 5.82 Å². The van der Waals surface area contributed by atoms with Gasteiger partial charge in [0, 0.05) is 12.7 Å². The molecule has 2 heterocycles. The molecule has 2 N–H and O–H groups in total. The fourth-order valence-corrected chi connectivity index (χ4v) is 3.42. The summed E-state index contributed by atoms with van der Waals surface area (Å²) in [5, 5.41) is 6.67. The Hall–Kier alpha value is -4.24. The number of rotatable bonds is 8. The van der Waals surface area contributed by atoms with Gasteiger partial charge in [-0.3, -0.25) is 14.6 Å². The van der Waals surface area contributed by atoms with Crippen molar-refractivity contribution in [2.45, 2.75) is 13.0 Å². The Kier molecular flexibility index (Phi) is 7.14. The van der Waals surface area contributed by atoms with Crippen LogP contribution in [-0.2, 0) is 13.0 Å². The Morgan fingerprint density at radius 1 is 1.06 bits per heavy atom. The third-order valence-electron chi connectivity index (χ3n) is 4.91. The van der Waals surface area contributed by atoms with E-state index in [9.17, 15) is 14.4 Å². The number of nitrogens with one attached hydrogen (secondary N) is 2. The van der Waals surface area contributed by atoms with Crippen LogP contribution >= 0.6 is 11.6 Å². The van der Waals surface area contributed by atoms with E-state index < -0.39 is 17.2 Å². The van der Waals surface area contributed by atoms with Gasteiger partial charge in [0.2, 0.25) is 0 Å². The molecule has 0 atom stereocenters. The molecule has 9 nitrogen and oxygen atoms in total. The van der Waals surface area contributed by atoms with Crippen molar-refractivity contribution >= 4 is 17.5 Å². The number of carbonyl (C=O) groups excluding carboxylic acids is 1.